The number of nitrogens with one attached hydrogen (secondary N) is 1. The van der Waals surface area contributed by atoms with Gasteiger partial charge in [0.2, 0.25) is 0 Å². The molecule has 0 aromatic heterocycles. The van der Waals surface area contributed by atoms with Gasteiger partial charge in [-0.1, -0.05) is 18.2 Å². The van der Waals surface area contributed by atoms with E-state index in [-0.39, 0.29) is 0 Å². The summed E-state index contributed by atoms with van der Waals surface area (Å²) < 4.78 is 9.86. The van der Waals surface area contributed by atoms with E-state index < -0.39 is 6.09 Å². The normalized spacial score (nSPS) is 9.61. The fourth-order valence-electron chi connectivity index (χ4n) is 1.38. The number of rotatable bonds is 3. The lowest BCUT2D eigenvalue weighted by molar-refractivity contribution is 0.199. The first-order chi connectivity index (χ1) is 8.78. The van der Waals surface area contributed by atoms with Gasteiger partial charge in [-0.05, 0) is 36.4 Å². The average Bonchev–Trinajstić information content (AvgIpc) is 2.42. The number of carbonyl (C=O) groups is 1. The lowest BCUT2D eigenvalue weighted by atomic mass is 10.3. The monoisotopic (exact) mass is 242 g/mol. The van der Waals surface area contributed by atoms with E-state index in [4.69, 9.17) is 4.74 Å². The smallest absolute Gasteiger partial charge is 0.411 e. The van der Waals surface area contributed by atoms with Gasteiger partial charge >= 0.3 is 6.09 Å². The van der Waals surface area contributed by atoms with Crippen molar-refractivity contribution < 1.29 is 14.3 Å². The van der Waals surface area contributed by atoms with Crippen LogP contribution in [0, 0.1) is 7.11 Å². The predicted octanol–water partition coefficient (Wildman–Crippen LogP) is 3.82. The summed E-state index contributed by atoms with van der Waals surface area (Å²) in [6, 6.07) is 16.4. The van der Waals surface area contributed by atoms with Gasteiger partial charge in [0.25, 0.3) is 0 Å². The van der Waals surface area contributed by atoms with Crippen molar-refractivity contribution in [1.29, 1.82) is 0 Å². The third kappa shape index (κ3) is 3.25. The summed E-state index contributed by atoms with van der Waals surface area (Å²) in [4.78, 5) is 10.9. The molecular formula is C14H12NO3. The SMILES string of the molecule is [CH2]OC(=O)Nc1ccc(Oc2ccccc2)cc1. The molecule has 1 amide bonds. The molecule has 0 aliphatic rings. The molecule has 4 nitrogen and oxygen atoms in total. The van der Waals surface area contributed by atoms with E-state index in [0.717, 1.165) is 5.75 Å². The number of hydrogen-bond donors (Lipinski definition) is 1. The molecule has 0 heterocycles. The zero-order valence-electron chi connectivity index (χ0n) is 9.63. The van der Waals surface area contributed by atoms with Crippen LogP contribution in [0.15, 0.2) is 54.6 Å². The lowest BCUT2D eigenvalue weighted by Crippen LogP contribution is -2.09. The summed E-state index contributed by atoms with van der Waals surface area (Å²) >= 11 is 0. The van der Waals surface area contributed by atoms with Crippen molar-refractivity contribution in [2.45, 2.75) is 0 Å². The zero-order chi connectivity index (χ0) is 12.8. The summed E-state index contributed by atoms with van der Waals surface area (Å²) in [5, 5.41) is 2.50. The molecule has 1 radical (unpaired) electrons. The topological polar surface area (TPSA) is 47.6 Å². The van der Waals surface area contributed by atoms with Crippen LogP contribution < -0.4 is 10.1 Å². The zero-order valence-corrected chi connectivity index (χ0v) is 9.63. The van der Waals surface area contributed by atoms with Crippen molar-refractivity contribution in [3.05, 3.63) is 61.7 Å². The minimum absolute atomic E-state index is 0.605. The van der Waals surface area contributed by atoms with E-state index in [1.54, 1.807) is 24.3 Å². The van der Waals surface area contributed by atoms with Crippen LogP contribution in [-0.2, 0) is 4.74 Å². The molecule has 2 aromatic carbocycles. The van der Waals surface area contributed by atoms with Crippen molar-refractivity contribution in [3.63, 3.8) is 0 Å². The highest BCUT2D eigenvalue weighted by atomic mass is 16.5. The molecule has 91 valence electrons. The minimum Gasteiger partial charge on any atom is -0.457 e. The van der Waals surface area contributed by atoms with Crippen molar-refractivity contribution in [3.8, 4) is 11.5 Å². The fourth-order valence-corrected chi connectivity index (χ4v) is 1.38. The third-order valence-electron chi connectivity index (χ3n) is 2.21. The second-order valence-electron chi connectivity index (χ2n) is 3.50. The molecule has 4 heteroatoms. The molecule has 0 fully saturated rings. The maximum absolute atomic E-state index is 10.9. The summed E-state index contributed by atoms with van der Waals surface area (Å²) in [7, 11) is 3.02. The Balaban J connectivity index is 2.02. The summed E-state index contributed by atoms with van der Waals surface area (Å²) in [6.45, 7) is 0. The van der Waals surface area contributed by atoms with Gasteiger partial charge in [-0.25, -0.2) is 4.79 Å². The van der Waals surface area contributed by atoms with E-state index in [1.807, 2.05) is 30.3 Å². The molecule has 0 unspecified atom stereocenters. The number of para-hydroxylation sites is 1. The molecule has 0 aliphatic heterocycles. The van der Waals surface area contributed by atoms with Crippen LogP contribution in [0.2, 0.25) is 0 Å². The van der Waals surface area contributed by atoms with Crippen LogP contribution in [-0.4, -0.2) is 6.09 Å². The van der Waals surface area contributed by atoms with Gasteiger partial charge < -0.3 is 9.47 Å². The average molecular weight is 242 g/mol. The quantitative estimate of drug-likeness (QED) is 0.890. The molecular weight excluding hydrogens is 230 g/mol. The van der Waals surface area contributed by atoms with Crippen LogP contribution in [0.25, 0.3) is 0 Å². The molecule has 0 bridgehead atoms. The van der Waals surface area contributed by atoms with Crippen molar-refractivity contribution >= 4 is 11.8 Å². The standard InChI is InChI=1S/C14H12NO3/c1-17-14(16)15-11-7-9-13(10-8-11)18-12-5-3-2-4-6-12/h2-10H,1H2,(H,15,16). The summed E-state index contributed by atoms with van der Waals surface area (Å²) in [5.74, 6) is 1.45. The van der Waals surface area contributed by atoms with E-state index in [9.17, 15) is 4.79 Å². The number of amides is 1. The van der Waals surface area contributed by atoms with Gasteiger partial charge in [-0.15, -0.1) is 0 Å². The van der Waals surface area contributed by atoms with Crippen molar-refractivity contribution in [2.24, 2.45) is 0 Å². The van der Waals surface area contributed by atoms with Crippen LogP contribution in [0.1, 0.15) is 0 Å². The Morgan fingerprint density at radius 2 is 1.56 bits per heavy atom. The van der Waals surface area contributed by atoms with Gasteiger partial charge in [0.15, 0.2) is 0 Å². The first-order valence-electron chi connectivity index (χ1n) is 5.34. The first kappa shape index (κ1) is 12.0. The molecule has 1 N–H and O–H groups in total. The predicted molar refractivity (Wildman–Crippen MR) is 68.4 cm³/mol. The maximum Gasteiger partial charge on any atom is 0.411 e. The van der Waals surface area contributed by atoms with Gasteiger partial charge in [-0.2, -0.15) is 0 Å². The Hall–Kier alpha value is -2.49. The molecule has 0 saturated heterocycles. The Kier molecular flexibility index (Phi) is 3.81. The van der Waals surface area contributed by atoms with E-state index in [0.29, 0.717) is 11.4 Å². The Morgan fingerprint density at radius 3 is 2.17 bits per heavy atom. The fraction of sp³-hybridized carbons (Fsp3) is 0. The van der Waals surface area contributed by atoms with Crippen molar-refractivity contribution in [1.82, 2.24) is 0 Å². The number of anilines is 1. The number of hydrogen-bond acceptors (Lipinski definition) is 3. The summed E-state index contributed by atoms with van der Waals surface area (Å²) in [5.41, 5.74) is 0.615. The number of ether oxygens (including phenoxy) is 2. The van der Waals surface area contributed by atoms with Gasteiger partial charge in [0, 0.05) is 5.69 Å². The van der Waals surface area contributed by atoms with Crippen LogP contribution in [0.3, 0.4) is 0 Å². The Bertz CT molecular complexity index is 508. The lowest BCUT2D eigenvalue weighted by Gasteiger charge is -2.07. The van der Waals surface area contributed by atoms with Crippen LogP contribution in [0.5, 0.6) is 11.5 Å². The minimum atomic E-state index is -0.605. The molecule has 0 aliphatic carbocycles. The molecule has 18 heavy (non-hydrogen) atoms. The molecule has 0 atom stereocenters. The van der Waals surface area contributed by atoms with Gasteiger partial charge in [0.05, 0.1) is 0 Å². The molecule has 2 aromatic rings. The summed E-state index contributed by atoms with van der Waals surface area (Å²) in [6.07, 6.45) is -0.605. The Labute approximate surface area is 105 Å². The van der Waals surface area contributed by atoms with E-state index in [2.05, 4.69) is 17.2 Å². The highest BCUT2D eigenvalue weighted by Gasteiger charge is 2.01. The Morgan fingerprint density at radius 1 is 0.944 bits per heavy atom. The maximum atomic E-state index is 10.9. The molecule has 0 spiro atoms. The highest BCUT2D eigenvalue weighted by molar-refractivity contribution is 5.84. The van der Waals surface area contributed by atoms with E-state index >= 15 is 0 Å². The molecule has 0 saturated carbocycles. The van der Waals surface area contributed by atoms with Crippen LogP contribution in [0.4, 0.5) is 10.5 Å². The van der Waals surface area contributed by atoms with E-state index in [1.165, 1.54) is 0 Å². The third-order valence-corrected chi connectivity index (χ3v) is 2.21. The van der Waals surface area contributed by atoms with Gasteiger partial charge in [0.1, 0.15) is 18.6 Å². The second kappa shape index (κ2) is 5.72. The second-order valence-corrected chi connectivity index (χ2v) is 3.50. The largest absolute Gasteiger partial charge is 0.457 e. The molecule has 2 rings (SSSR count). The number of benzene rings is 2. The van der Waals surface area contributed by atoms with Crippen LogP contribution >= 0.6 is 0 Å². The number of carbonyl (C=O) groups excluding carboxylic acids is 1. The first-order valence-corrected chi connectivity index (χ1v) is 5.34. The van der Waals surface area contributed by atoms with Gasteiger partial charge in [-0.3, -0.25) is 5.32 Å². The highest BCUT2D eigenvalue weighted by Crippen LogP contribution is 2.22. The van der Waals surface area contributed by atoms with Crippen molar-refractivity contribution in [2.75, 3.05) is 5.32 Å².